The number of benzene rings is 2. The molecule has 0 saturated heterocycles. The summed E-state index contributed by atoms with van der Waals surface area (Å²) < 4.78 is 53.2. The number of rotatable bonds is 7. The van der Waals surface area contributed by atoms with Gasteiger partial charge in [0.25, 0.3) is 0 Å². The van der Waals surface area contributed by atoms with E-state index in [1.54, 1.807) is 6.92 Å². The molecule has 10 heteroatoms. The lowest BCUT2D eigenvalue weighted by molar-refractivity contribution is -0.385. The third kappa shape index (κ3) is 7.78. The molecule has 0 saturated carbocycles. The standard InChI is InChI=1S/C15H11ClF3NO4.C4H10O/c1-2-23-14-8-10(4-5-12(14)20(21)22)24-13-6-3-9(7-11(13)16)15(17,18)19;1-3-5-4-2/h3-8H,2H2,1H3;3-4H2,1-2H3. The topological polar surface area (TPSA) is 70.8 Å². The summed E-state index contributed by atoms with van der Waals surface area (Å²) in [6.07, 6.45) is -4.52. The first-order chi connectivity index (χ1) is 13.6. The molecule has 0 amide bonds. The van der Waals surface area contributed by atoms with E-state index < -0.39 is 16.7 Å². The number of nitrogens with zero attached hydrogens (tertiary/aromatic N) is 1. The Morgan fingerprint density at radius 3 is 2.10 bits per heavy atom. The fraction of sp³-hybridized carbons (Fsp3) is 0.368. The van der Waals surface area contributed by atoms with Gasteiger partial charge in [0.1, 0.15) is 11.5 Å². The van der Waals surface area contributed by atoms with Gasteiger partial charge in [0, 0.05) is 25.3 Å². The Hall–Kier alpha value is -2.52. The van der Waals surface area contributed by atoms with Crippen molar-refractivity contribution in [2.24, 2.45) is 0 Å². The highest BCUT2D eigenvalue weighted by Gasteiger charge is 2.31. The van der Waals surface area contributed by atoms with Gasteiger partial charge in [-0.1, -0.05) is 11.6 Å². The smallest absolute Gasteiger partial charge is 0.416 e. The average molecular weight is 436 g/mol. The lowest BCUT2D eigenvalue weighted by Crippen LogP contribution is -2.04. The number of hydrogen-bond donors (Lipinski definition) is 0. The van der Waals surface area contributed by atoms with Gasteiger partial charge in [-0.25, -0.2) is 0 Å². The van der Waals surface area contributed by atoms with Crippen molar-refractivity contribution in [1.29, 1.82) is 0 Å². The lowest BCUT2D eigenvalue weighted by atomic mass is 10.2. The fourth-order valence-corrected chi connectivity index (χ4v) is 2.29. The van der Waals surface area contributed by atoms with E-state index in [4.69, 9.17) is 25.8 Å². The quantitative estimate of drug-likeness (QED) is 0.366. The van der Waals surface area contributed by atoms with Crippen LogP contribution >= 0.6 is 11.6 Å². The van der Waals surface area contributed by atoms with Crippen LogP contribution in [0, 0.1) is 10.1 Å². The summed E-state index contributed by atoms with van der Waals surface area (Å²) >= 11 is 5.80. The monoisotopic (exact) mass is 435 g/mol. The summed E-state index contributed by atoms with van der Waals surface area (Å²) in [5.41, 5.74) is -1.15. The molecule has 0 aromatic heterocycles. The molecule has 6 nitrogen and oxygen atoms in total. The van der Waals surface area contributed by atoms with Crippen molar-refractivity contribution in [3.05, 3.63) is 57.1 Å². The Labute approximate surface area is 171 Å². The predicted molar refractivity (Wildman–Crippen MR) is 103 cm³/mol. The van der Waals surface area contributed by atoms with Crippen molar-refractivity contribution in [1.82, 2.24) is 0 Å². The van der Waals surface area contributed by atoms with Gasteiger partial charge in [-0.05, 0) is 45.0 Å². The van der Waals surface area contributed by atoms with Gasteiger partial charge in [-0.15, -0.1) is 0 Å². The Morgan fingerprint density at radius 2 is 1.66 bits per heavy atom. The molecule has 0 aliphatic rings. The van der Waals surface area contributed by atoms with E-state index in [0.717, 1.165) is 31.4 Å². The molecule has 0 bridgehead atoms. The molecule has 0 N–H and O–H groups in total. The number of alkyl halides is 3. The van der Waals surface area contributed by atoms with Crippen LogP contribution in [0.4, 0.5) is 18.9 Å². The number of nitro groups is 1. The molecule has 2 aromatic carbocycles. The molecule has 0 aliphatic carbocycles. The van der Waals surface area contributed by atoms with Crippen molar-refractivity contribution in [3.8, 4) is 17.2 Å². The number of ether oxygens (including phenoxy) is 3. The summed E-state index contributed by atoms with van der Waals surface area (Å²) in [4.78, 5) is 10.3. The number of nitro benzene ring substituents is 1. The normalized spacial score (nSPS) is 10.7. The minimum Gasteiger partial charge on any atom is -0.487 e. The fourth-order valence-electron chi connectivity index (χ4n) is 2.07. The van der Waals surface area contributed by atoms with Crippen LogP contribution in [0.5, 0.6) is 17.2 Å². The highest BCUT2D eigenvalue weighted by atomic mass is 35.5. The molecular weight excluding hydrogens is 415 g/mol. The van der Waals surface area contributed by atoms with Crippen LogP contribution in [0.3, 0.4) is 0 Å². The average Bonchev–Trinajstić information content (AvgIpc) is 2.64. The van der Waals surface area contributed by atoms with Crippen LogP contribution < -0.4 is 9.47 Å². The zero-order valence-electron chi connectivity index (χ0n) is 16.1. The number of halogens is 4. The van der Waals surface area contributed by atoms with E-state index in [2.05, 4.69) is 0 Å². The molecule has 2 rings (SSSR count). The molecule has 0 heterocycles. The molecule has 0 spiro atoms. The van der Waals surface area contributed by atoms with Crippen LogP contribution in [-0.2, 0) is 10.9 Å². The van der Waals surface area contributed by atoms with Crippen LogP contribution in [0.15, 0.2) is 36.4 Å². The SMILES string of the molecule is CCOCC.CCOc1cc(Oc2ccc(C(F)(F)F)cc2Cl)ccc1[N+](=O)[O-]. The van der Waals surface area contributed by atoms with Crippen molar-refractivity contribution in [2.75, 3.05) is 19.8 Å². The second-order valence-corrected chi connectivity index (χ2v) is 5.75. The highest BCUT2D eigenvalue weighted by molar-refractivity contribution is 6.32. The largest absolute Gasteiger partial charge is 0.487 e. The van der Waals surface area contributed by atoms with Crippen LogP contribution in [0.25, 0.3) is 0 Å². The summed E-state index contributed by atoms with van der Waals surface area (Å²) in [5.74, 6) is 0.120. The Balaban J connectivity index is 0.000000749. The lowest BCUT2D eigenvalue weighted by Gasteiger charge is -2.12. The second-order valence-electron chi connectivity index (χ2n) is 5.35. The Morgan fingerprint density at radius 1 is 1.00 bits per heavy atom. The molecular formula is C19H21ClF3NO5. The molecule has 0 fully saturated rings. The molecule has 0 aliphatic heterocycles. The van der Waals surface area contributed by atoms with Gasteiger partial charge in [0.05, 0.1) is 22.1 Å². The van der Waals surface area contributed by atoms with Gasteiger partial charge >= 0.3 is 11.9 Å². The molecule has 0 radical (unpaired) electrons. The van der Waals surface area contributed by atoms with Crippen LogP contribution in [-0.4, -0.2) is 24.7 Å². The highest BCUT2D eigenvalue weighted by Crippen LogP contribution is 2.38. The van der Waals surface area contributed by atoms with E-state index in [0.29, 0.717) is 0 Å². The molecule has 2 aromatic rings. The third-order valence-corrected chi connectivity index (χ3v) is 3.62. The minimum atomic E-state index is -4.52. The van der Waals surface area contributed by atoms with Crippen LogP contribution in [0.2, 0.25) is 5.02 Å². The minimum absolute atomic E-state index is 0.0111. The molecule has 160 valence electrons. The van der Waals surface area contributed by atoms with Crippen molar-refractivity contribution >= 4 is 17.3 Å². The molecule has 0 unspecified atom stereocenters. The van der Waals surface area contributed by atoms with Gasteiger partial charge in [0.15, 0.2) is 0 Å². The maximum Gasteiger partial charge on any atom is 0.416 e. The van der Waals surface area contributed by atoms with Gasteiger partial charge < -0.3 is 14.2 Å². The van der Waals surface area contributed by atoms with E-state index in [-0.39, 0.29) is 34.6 Å². The third-order valence-electron chi connectivity index (χ3n) is 3.32. The molecule has 29 heavy (non-hydrogen) atoms. The maximum atomic E-state index is 12.6. The predicted octanol–water partition coefficient (Wildman–Crippen LogP) is 6.50. The first-order valence-corrected chi connectivity index (χ1v) is 9.05. The van der Waals surface area contributed by atoms with E-state index in [1.807, 2.05) is 13.8 Å². The van der Waals surface area contributed by atoms with E-state index in [1.165, 1.54) is 18.2 Å². The van der Waals surface area contributed by atoms with E-state index in [9.17, 15) is 23.3 Å². The van der Waals surface area contributed by atoms with Gasteiger partial charge in [0.2, 0.25) is 5.75 Å². The van der Waals surface area contributed by atoms with Crippen LogP contribution in [0.1, 0.15) is 26.3 Å². The zero-order chi connectivity index (χ0) is 22.0. The Kier molecular flexibility index (Phi) is 9.70. The van der Waals surface area contributed by atoms with Gasteiger partial charge in [-0.3, -0.25) is 10.1 Å². The molecule has 0 atom stereocenters. The summed E-state index contributed by atoms with van der Waals surface area (Å²) in [6.45, 7) is 7.52. The van der Waals surface area contributed by atoms with Crippen molar-refractivity contribution in [2.45, 2.75) is 26.9 Å². The zero-order valence-corrected chi connectivity index (χ0v) is 16.8. The van der Waals surface area contributed by atoms with Crippen molar-refractivity contribution < 1.29 is 32.3 Å². The summed E-state index contributed by atoms with van der Waals surface area (Å²) in [7, 11) is 0. The number of hydrogen-bond acceptors (Lipinski definition) is 5. The first-order valence-electron chi connectivity index (χ1n) is 8.67. The van der Waals surface area contributed by atoms with Crippen molar-refractivity contribution in [3.63, 3.8) is 0 Å². The van der Waals surface area contributed by atoms with E-state index >= 15 is 0 Å². The second kappa shape index (κ2) is 11.5. The first kappa shape index (κ1) is 24.5. The maximum absolute atomic E-state index is 12.6. The Bertz CT molecular complexity index is 813. The summed E-state index contributed by atoms with van der Waals surface area (Å²) in [5, 5.41) is 10.7. The summed E-state index contributed by atoms with van der Waals surface area (Å²) in [6, 6.07) is 6.40. The van der Waals surface area contributed by atoms with Gasteiger partial charge in [-0.2, -0.15) is 13.2 Å².